The second-order valence-corrected chi connectivity index (χ2v) is 17.7. The zero-order valence-corrected chi connectivity index (χ0v) is 23.2. The molecule has 3 rings (SSSR count). The van der Waals surface area contributed by atoms with Gasteiger partial charge in [-0.25, -0.2) is 0 Å². The van der Waals surface area contributed by atoms with Gasteiger partial charge in [-0.3, -0.25) is 0 Å². The molecule has 0 saturated carbocycles. The topological polar surface area (TPSA) is 55.4 Å². The molecule has 0 aliphatic carbocycles. The minimum atomic E-state index is -2.49. The number of rotatable bonds is 8. The van der Waals surface area contributed by atoms with Gasteiger partial charge in [0.2, 0.25) is 0 Å². The lowest BCUT2D eigenvalue weighted by Gasteiger charge is -2.36. The van der Waals surface area contributed by atoms with Crippen LogP contribution in [-0.4, -0.2) is 49.2 Å². The first-order chi connectivity index (χ1) is 14.8. The van der Waals surface area contributed by atoms with E-state index in [1.54, 1.807) is 6.08 Å². The van der Waals surface area contributed by atoms with E-state index in [2.05, 4.69) is 30.8 Å². The predicted molar refractivity (Wildman–Crippen MR) is 132 cm³/mol. The van der Waals surface area contributed by atoms with Crippen molar-refractivity contribution in [2.45, 2.75) is 32.6 Å². The lowest BCUT2D eigenvalue weighted by molar-refractivity contribution is 0.242. The summed E-state index contributed by atoms with van der Waals surface area (Å²) in [5.74, 6) is 1.67. The van der Waals surface area contributed by atoms with Crippen LogP contribution < -0.4 is 9.47 Å². The van der Waals surface area contributed by atoms with Gasteiger partial charge >= 0.3 is 8.56 Å². The van der Waals surface area contributed by atoms with Crippen molar-refractivity contribution in [2.24, 2.45) is 0 Å². The summed E-state index contributed by atoms with van der Waals surface area (Å²) in [6.07, 6.45) is 3.02. The smallest absolute Gasteiger partial charge is 0.355 e. The molecule has 2 aromatic rings. The van der Waals surface area contributed by atoms with Gasteiger partial charge in [-0.05, 0) is 68.0 Å². The van der Waals surface area contributed by atoms with E-state index in [0.29, 0.717) is 12.8 Å². The monoisotopic (exact) mass is 492 g/mol. The van der Waals surface area contributed by atoms with Crippen LogP contribution in [0.5, 0.6) is 11.5 Å². The summed E-state index contributed by atoms with van der Waals surface area (Å²) in [6, 6.07) is 16.3. The van der Waals surface area contributed by atoms with E-state index < -0.39 is 36.4 Å². The first kappa shape index (κ1) is 24.1. The largest absolute Gasteiger partial charge is 0.492 e. The summed E-state index contributed by atoms with van der Waals surface area (Å²) in [5, 5.41) is 0. The van der Waals surface area contributed by atoms with Gasteiger partial charge < -0.3 is 25.9 Å². The average molecular weight is 493 g/mol. The number of ether oxygens (including phenoxy) is 2. The molecule has 0 bridgehead atoms. The molecule has 0 radical (unpaired) electrons. The minimum Gasteiger partial charge on any atom is -0.492 e. The predicted octanol–water partition coefficient (Wildman–Crippen LogP) is 3.46. The highest BCUT2D eigenvalue weighted by atomic mass is 28.5. The molecule has 0 aromatic heterocycles. The highest BCUT2D eigenvalue weighted by Gasteiger charge is 2.40. The summed E-state index contributed by atoms with van der Waals surface area (Å²) in [7, 11) is -7.64. The summed E-state index contributed by atoms with van der Waals surface area (Å²) >= 11 is 0. The maximum absolute atomic E-state index is 6.26. The molecular weight excluding hydrogens is 461 g/mol. The highest BCUT2D eigenvalue weighted by Crippen LogP contribution is 2.21. The van der Waals surface area contributed by atoms with Gasteiger partial charge in [0.15, 0.2) is 0 Å². The van der Waals surface area contributed by atoms with E-state index >= 15 is 0 Å². The van der Waals surface area contributed by atoms with E-state index in [1.807, 2.05) is 50.5 Å². The minimum absolute atomic E-state index is 0.426. The van der Waals surface area contributed by atoms with Crippen molar-refractivity contribution < 1.29 is 25.9 Å². The fraction of sp³-hybridized carbons (Fsp3) is 0.333. The number of hydrogen-bond acceptors (Lipinski definition) is 6. The van der Waals surface area contributed by atoms with Crippen molar-refractivity contribution in [3.05, 3.63) is 72.3 Å². The summed E-state index contributed by atoms with van der Waals surface area (Å²) in [5.41, 5.74) is 2.45. The van der Waals surface area contributed by atoms with Crippen LogP contribution in [0.15, 0.2) is 61.2 Å². The van der Waals surface area contributed by atoms with Crippen molar-refractivity contribution in [3.8, 4) is 11.5 Å². The molecule has 1 aliphatic heterocycles. The third kappa shape index (κ3) is 7.84. The molecule has 2 unspecified atom stereocenters. The van der Waals surface area contributed by atoms with Crippen LogP contribution in [0.2, 0.25) is 26.2 Å². The van der Waals surface area contributed by atoms with Crippen molar-refractivity contribution >= 4 is 36.4 Å². The lowest BCUT2D eigenvalue weighted by Crippen LogP contribution is -2.56. The molecule has 31 heavy (non-hydrogen) atoms. The summed E-state index contributed by atoms with van der Waals surface area (Å²) in [4.78, 5) is 0. The Balaban J connectivity index is 1.54. The van der Waals surface area contributed by atoms with Crippen molar-refractivity contribution in [1.82, 2.24) is 0 Å². The molecule has 0 spiro atoms. The number of benzene rings is 2. The van der Waals surface area contributed by atoms with E-state index in [1.165, 1.54) is 11.1 Å². The van der Waals surface area contributed by atoms with Gasteiger partial charge in [-0.2, -0.15) is 0 Å². The fourth-order valence-electron chi connectivity index (χ4n) is 3.44. The lowest BCUT2D eigenvalue weighted by atomic mass is 10.0. The maximum Gasteiger partial charge on any atom is 0.355 e. The first-order valence-electron chi connectivity index (χ1n) is 10.6. The van der Waals surface area contributed by atoms with Gasteiger partial charge in [-0.15, -0.1) is 0 Å². The molecule has 6 nitrogen and oxygen atoms in total. The van der Waals surface area contributed by atoms with E-state index in [4.69, 9.17) is 25.9 Å². The first-order valence-corrected chi connectivity index (χ1v) is 19.4. The SMILES string of the molecule is C=CCOc1ccc(Cc2ccc(OC[Si]3(C)O[SiH](C)O[SiH](C)O[SiH](C)O3)cc2)cc1. The van der Waals surface area contributed by atoms with E-state index in [9.17, 15) is 0 Å². The van der Waals surface area contributed by atoms with Gasteiger partial charge in [0.05, 0.1) is 0 Å². The zero-order valence-electron chi connectivity index (χ0n) is 18.7. The molecular formula is C21H32O6Si4. The number of hydrogen-bond donors (Lipinski definition) is 0. The highest BCUT2D eigenvalue weighted by molar-refractivity contribution is 6.81. The van der Waals surface area contributed by atoms with Crippen LogP contribution >= 0.6 is 0 Å². The molecule has 1 saturated heterocycles. The van der Waals surface area contributed by atoms with Crippen molar-refractivity contribution in [2.75, 3.05) is 12.8 Å². The summed E-state index contributed by atoms with van der Waals surface area (Å²) < 4.78 is 36.0. The third-order valence-electron chi connectivity index (χ3n) is 4.72. The van der Waals surface area contributed by atoms with Crippen molar-refractivity contribution in [1.29, 1.82) is 0 Å². The quantitative estimate of drug-likeness (QED) is 0.415. The Morgan fingerprint density at radius 3 is 1.77 bits per heavy atom. The average Bonchev–Trinajstić information content (AvgIpc) is 2.71. The van der Waals surface area contributed by atoms with Crippen LogP contribution in [0.25, 0.3) is 0 Å². The Morgan fingerprint density at radius 1 is 0.806 bits per heavy atom. The van der Waals surface area contributed by atoms with Gasteiger partial charge in [0.1, 0.15) is 24.3 Å². The molecule has 1 aliphatic rings. The molecule has 0 amide bonds. The standard InChI is InChI=1S/C21H32O6Si4/c1-6-15-22-20-11-7-18(8-12-20)16-19-9-13-21(14-10-19)23-17-31(5)26-29(3)24-28(2)25-30(4)27-31/h6-14,28-30H,1,15-17H2,2-5H3. The molecule has 2 aromatic carbocycles. The molecule has 1 fully saturated rings. The van der Waals surface area contributed by atoms with E-state index in [-0.39, 0.29) is 0 Å². The van der Waals surface area contributed by atoms with Crippen LogP contribution in [0.3, 0.4) is 0 Å². The summed E-state index contributed by atoms with van der Waals surface area (Å²) in [6.45, 7) is 12.3. The van der Waals surface area contributed by atoms with Crippen LogP contribution in [0, 0.1) is 0 Å². The Morgan fingerprint density at radius 2 is 1.29 bits per heavy atom. The van der Waals surface area contributed by atoms with Crippen LogP contribution in [0.1, 0.15) is 11.1 Å². The van der Waals surface area contributed by atoms with Gasteiger partial charge in [-0.1, -0.05) is 36.9 Å². The Kier molecular flexibility index (Phi) is 8.86. The van der Waals surface area contributed by atoms with Gasteiger partial charge in [0, 0.05) is 0 Å². The molecule has 2 atom stereocenters. The van der Waals surface area contributed by atoms with Gasteiger partial charge in [0.25, 0.3) is 27.9 Å². The molecule has 168 valence electrons. The third-order valence-corrected chi connectivity index (χ3v) is 18.2. The Hall–Kier alpha value is -1.51. The Bertz CT molecular complexity index is 819. The van der Waals surface area contributed by atoms with Crippen molar-refractivity contribution in [3.63, 3.8) is 0 Å². The molecule has 1 heterocycles. The molecule has 10 heteroatoms. The second-order valence-electron chi connectivity index (χ2n) is 7.70. The maximum atomic E-state index is 6.26. The fourth-order valence-corrected chi connectivity index (χ4v) is 17.3. The van der Waals surface area contributed by atoms with Crippen LogP contribution in [-0.2, 0) is 22.9 Å². The Labute approximate surface area is 191 Å². The van der Waals surface area contributed by atoms with Crippen LogP contribution in [0.4, 0.5) is 0 Å². The second kappa shape index (κ2) is 11.4. The van der Waals surface area contributed by atoms with E-state index in [0.717, 1.165) is 17.9 Å². The molecule has 0 N–H and O–H groups in total. The zero-order chi connectivity index (χ0) is 22.3. The normalized spacial score (nSPS) is 26.5.